The number of benzene rings is 1. The Morgan fingerprint density at radius 2 is 2.12 bits per heavy atom. The van der Waals surface area contributed by atoms with Crippen LogP contribution in [0.4, 0.5) is 10.1 Å². The maximum absolute atomic E-state index is 13.1. The maximum Gasteiger partial charge on any atom is 0.123 e. The standard InChI is InChI=1S/C12H12FN3/c1-12(8-15,5-2-6-14)10-7-9(13)3-4-11(10)16/h3-4,7H,2,5,16H2,1H3. The minimum absolute atomic E-state index is 0.236. The molecule has 0 bridgehead atoms. The topological polar surface area (TPSA) is 73.6 Å². The first-order chi connectivity index (χ1) is 7.53. The summed E-state index contributed by atoms with van der Waals surface area (Å²) in [5.74, 6) is -0.428. The molecule has 1 aromatic rings. The molecule has 0 aliphatic rings. The van der Waals surface area contributed by atoms with Crippen molar-refractivity contribution in [2.24, 2.45) is 0 Å². The number of anilines is 1. The molecule has 3 nitrogen and oxygen atoms in total. The lowest BCUT2D eigenvalue weighted by molar-refractivity contribution is 0.554. The van der Waals surface area contributed by atoms with Gasteiger partial charge < -0.3 is 5.73 Å². The first-order valence-corrected chi connectivity index (χ1v) is 4.87. The van der Waals surface area contributed by atoms with Gasteiger partial charge in [0.25, 0.3) is 0 Å². The summed E-state index contributed by atoms with van der Waals surface area (Å²) in [5, 5.41) is 17.7. The van der Waals surface area contributed by atoms with E-state index in [0.29, 0.717) is 17.7 Å². The molecule has 0 saturated heterocycles. The molecule has 0 aromatic heterocycles. The molecular formula is C12H12FN3. The summed E-state index contributed by atoms with van der Waals surface area (Å²) >= 11 is 0. The van der Waals surface area contributed by atoms with Crippen molar-refractivity contribution in [3.8, 4) is 12.1 Å². The third-order valence-corrected chi connectivity index (χ3v) is 2.59. The minimum atomic E-state index is -0.915. The van der Waals surface area contributed by atoms with Gasteiger partial charge in [0, 0.05) is 12.1 Å². The fourth-order valence-corrected chi connectivity index (χ4v) is 1.56. The summed E-state index contributed by atoms with van der Waals surface area (Å²) < 4.78 is 13.1. The van der Waals surface area contributed by atoms with Crippen LogP contribution in [0.3, 0.4) is 0 Å². The average molecular weight is 217 g/mol. The van der Waals surface area contributed by atoms with Crippen LogP contribution in [0.15, 0.2) is 18.2 Å². The molecule has 1 rings (SSSR count). The highest BCUT2D eigenvalue weighted by molar-refractivity contribution is 5.53. The zero-order valence-corrected chi connectivity index (χ0v) is 9.00. The summed E-state index contributed by atoms with van der Waals surface area (Å²) in [4.78, 5) is 0. The highest BCUT2D eigenvalue weighted by Gasteiger charge is 2.28. The largest absolute Gasteiger partial charge is 0.398 e. The molecule has 1 aromatic carbocycles. The molecule has 16 heavy (non-hydrogen) atoms. The number of halogens is 1. The van der Waals surface area contributed by atoms with E-state index in [2.05, 4.69) is 6.07 Å². The molecule has 0 aliphatic heterocycles. The van der Waals surface area contributed by atoms with Gasteiger partial charge in [-0.3, -0.25) is 0 Å². The Kier molecular flexibility index (Phi) is 3.48. The van der Waals surface area contributed by atoms with Gasteiger partial charge in [-0.25, -0.2) is 4.39 Å². The molecular weight excluding hydrogens is 205 g/mol. The van der Waals surface area contributed by atoms with E-state index >= 15 is 0 Å². The highest BCUT2D eigenvalue weighted by atomic mass is 19.1. The molecule has 4 heteroatoms. The Hall–Kier alpha value is -2.07. The number of nitrogens with zero attached hydrogens (tertiary/aromatic N) is 2. The molecule has 0 radical (unpaired) electrons. The van der Waals surface area contributed by atoms with Crippen LogP contribution in [0.25, 0.3) is 0 Å². The highest BCUT2D eigenvalue weighted by Crippen LogP contribution is 2.32. The van der Waals surface area contributed by atoms with Gasteiger partial charge >= 0.3 is 0 Å². The smallest absolute Gasteiger partial charge is 0.123 e. The Morgan fingerprint density at radius 1 is 1.44 bits per heavy atom. The second kappa shape index (κ2) is 4.63. The lowest BCUT2D eigenvalue weighted by atomic mass is 9.79. The number of nitrogens with two attached hydrogens (primary N) is 1. The van der Waals surface area contributed by atoms with Crippen LogP contribution in [0.5, 0.6) is 0 Å². The summed E-state index contributed by atoms with van der Waals surface area (Å²) in [7, 11) is 0. The van der Waals surface area contributed by atoms with Crippen LogP contribution in [0, 0.1) is 28.5 Å². The Bertz CT molecular complexity index is 470. The minimum Gasteiger partial charge on any atom is -0.398 e. The molecule has 2 N–H and O–H groups in total. The van der Waals surface area contributed by atoms with Crippen molar-refractivity contribution in [1.82, 2.24) is 0 Å². The first kappa shape index (κ1) is 12.0. The second-order valence-electron chi connectivity index (χ2n) is 3.83. The van der Waals surface area contributed by atoms with Crippen molar-refractivity contribution < 1.29 is 4.39 Å². The fourth-order valence-electron chi connectivity index (χ4n) is 1.56. The number of nitriles is 2. The molecule has 0 fully saturated rings. The SMILES string of the molecule is CC(C#N)(CCC#N)c1cc(F)ccc1N. The average Bonchev–Trinajstić information content (AvgIpc) is 2.29. The van der Waals surface area contributed by atoms with Crippen molar-refractivity contribution >= 4 is 5.69 Å². The third kappa shape index (κ3) is 2.29. The van der Waals surface area contributed by atoms with Gasteiger partial charge in [-0.15, -0.1) is 0 Å². The van der Waals surface area contributed by atoms with Crippen molar-refractivity contribution in [2.45, 2.75) is 25.2 Å². The molecule has 0 spiro atoms. The van der Waals surface area contributed by atoms with Gasteiger partial charge in [0.1, 0.15) is 5.82 Å². The van der Waals surface area contributed by atoms with Crippen LogP contribution < -0.4 is 5.73 Å². The first-order valence-electron chi connectivity index (χ1n) is 4.87. The van der Waals surface area contributed by atoms with Crippen LogP contribution in [0.1, 0.15) is 25.3 Å². The maximum atomic E-state index is 13.1. The summed E-state index contributed by atoms with van der Waals surface area (Å²) in [5.41, 5.74) is 5.63. The lowest BCUT2D eigenvalue weighted by Gasteiger charge is -2.22. The molecule has 1 atom stereocenters. The van der Waals surface area contributed by atoms with Gasteiger partial charge in [0.05, 0.1) is 17.6 Å². The van der Waals surface area contributed by atoms with E-state index in [4.69, 9.17) is 16.3 Å². The van der Waals surface area contributed by atoms with Crippen molar-refractivity contribution in [2.75, 3.05) is 5.73 Å². The van der Waals surface area contributed by atoms with E-state index in [0.717, 1.165) is 0 Å². The quantitative estimate of drug-likeness (QED) is 0.790. The second-order valence-corrected chi connectivity index (χ2v) is 3.83. The summed E-state index contributed by atoms with van der Waals surface area (Å²) in [6.45, 7) is 1.66. The van der Waals surface area contributed by atoms with E-state index in [1.165, 1.54) is 18.2 Å². The van der Waals surface area contributed by atoms with E-state index in [1.807, 2.05) is 6.07 Å². The van der Waals surface area contributed by atoms with Gasteiger partial charge in [-0.1, -0.05) is 0 Å². The van der Waals surface area contributed by atoms with Gasteiger partial charge in [0.15, 0.2) is 0 Å². The Labute approximate surface area is 93.9 Å². The molecule has 1 unspecified atom stereocenters. The Morgan fingerprint density at radius 3 is 2.69 bits per heavy atom. The molecule has 0 heterocycles. The van der Waals surface area contributed by atoms with Gasteiger partial charge in [-0.05, 0) is 37.1 Å². The van der Waals surface area contributed by atoms with E-state index in [1.54, 1.807) is 6.92 Å². The van der Waals surface area contributed by atoms with Crippen molar-refractivity contribution in [3.63, 3.8) is 0 Å². The van der Waals surface area contributed by atoms with Crippen LogP contribution in [-0.4, -0.2) is 0 Å². The number of hydrogen-bond donors (Lipinski definition) is 1. The summed E-state index contributed by atoms with van der Waals surface area (Å²) in [6, 6.07) is 8.02. The fraction of sp³-hybridized carbons (Fsp3) is 0.333. The van der Waals surface area contributed by atoms with Gasteiger partial charge in [0.2, 0.25) is 0 Å². The summed E-state index contributed by atoms with van der Waals surface area (Å²) in [6.07, 6.45) is 0.577. The van der Waals surface area contributed by atoms with E-state index < -0.39 is 11.2 Å². The number of hydrogen-bond acceptors (Lipinski definition) is 3. The van der Waals surface area contributed by atoms with Crippen molar-refractivity contribution in [1.29, 1.82) is 10.5 Å². The van der Waals surface area contributed by atoms with Gasteiger partial charge in [-0.2, -0.15) is 10.5 Å². The molecule has 0 aliphatic carbocycles. The molecule has 82 valence electrons. The third-order valence-electron chi connectivity index (χ3n) is 2.59. The van der Waals surface area contributed by atoms with Crippen molar-refractivity contribution in [3.05, 3.63) is 29.6 Å². The number of nitrogen functional groups attached to an aromatic ring is 1. The molecule has 0 saturated carbocycles. The van der Waals surface area contributed by atoms with Crippen LogP contribution in [0.2, 0.25) is 0 Å². The van der Waals surface area contributed by atoms with Crippen LogP contribution in [-0.2, 0) is 5.41 Å². The lowest BCUT2D eigenvalue weighted by Crippen LogP contribution is -2.21. The van der Waals surface area contributed by atoms with E-state index in [9.17, 15) is 4.39 Å². The zero-order chi connectivity index (χ0) is 12.2. The predicted molar refractivity (Wildman–Crippen MR) is 58.6 cm³/mol. The predicted octanol–water partition coefficient (Wildman–Crippen LogP) is 2.49. The normalized spacial score (nSPS) is 13.5. The van der Waals surface area contributed by atoms with E-state index in [-0.39, 0.29) is 6.42 Å². The van der Waals surface area contributed by atoms with Crippen LogP contribution >= 0.6 is 0 Å². The Balaban J connectivity index is 3.18. The number of rotatable bonds is 3. The molecule has 0 amide bonds. The monoisotopic (exact) mass is 217 g/mol. The zero-order valence-electron chi connectivity index (χ0n) is 9.00.